The molecule has 4 heteroatoms. The summed E-state index contributed by atoms with van der Waals surface area (Å²) < 4.78 is 0. The minimum Gasteiger partial charge on any atom is -0.365 e. The Balaban J connectivity index is 2.44. The van der Waals surface area contributed by atoms with Crippen molar-refractivity contribution in [3.8, 4) is 11.3 Å². The lowest BCUT2D eigenvalue weighted by Gasteiger charge is -2.24. The second-order valence-corrected chi connectivity index (χ2v) is 7.58. The van der Waals surface area contributed by atoms with Gasteiger partial charge in [-0.15, -0.1) is 0 Å². The van der Waals surface area contributed by atoms with Crippen LogP contribution in [0.2, 0.25) is 0 Å². The molecule has 0 saturated carbocycles. The van der Waals surface area contributed by atoms with Crippen LogP contribution >= 0.6 is 0 Å². The van der Waals surface area contributed by atoms with Gasteiger partial charge in [0.05, 0.1) is 5.69 Å². The molecule has 2 rings (SSSR count). The Morgan fingerprint density at radius 3 is 1.91 bits per heavy atom. The summed E-state index contributed by atoms with van der Waals surface area (Å²) in [7, 11) is 0. The van der Waals surface area contributed by atoms with Gasteiger partial charge in [0, 0.05) is 22.7 Å². The highest BCUT2D eigenvalue weighted by Crippen LogP contribution is 2.24. The van der Waals surface area contributed by atoms with E-state index in [0.29, 0.717) is 5.95 Å². The van der Waals surface area contributed by atoms with Crippen LogP contribution in [-0.2, 0) is 0 Å². The molecule has 0 unspecified atom stereocenters. The minimum absolute atomic E-state index is 0.0543. The molecule has 0 atom stereocenters. The normalized spacial score (nSPS) is 12.1. The van der Waals surface area contributed by atoms with Gasteiger partial charge in [-0.25, -0.2) is 4.98 Å². The van der Waals surface area contributed by atoms with Gasteiger partial charge in [0.15, 0.2) is 0 Å². The highest BCUT2D eigenvalue weighted by Gasteiger charge is 2.16. The zero-order valence-electron chi connectivity index (χ0n) is 14.4. The molecule has 1 aromatic heterocycles. The van der Waals surface area contributed by atoms with Crippen LogP contribution in [0.15, 0.2) is 36.4 Å². The quantitative estimate of drug-likeness (QED) is 0.872. The molecule has 2 N–H and O–H groups in total. The average Bonchev–Trinajstić information content (AvgIpc) is 2.35. The minimum atomic E-state index is -0.0890. The van der Waals surface area contributed by atoms with Crippen molar-refractivity contribution in [2.45, 2.75) is 52.6 Å². The second kappa shape index (κ2) is 5.95. The number of hydrogen-bond acceptors (Lipinski definition) is 4. The molecule has 2 aromatic rings. The molecular weight excluding hydrogens is 272 g/mol. The summed E-state index contributed by atoms with van der Waals surface area (Å²) in [6.45, 7) is 12.7. The lowest BCUT2D eigenvalue weighted by Crippen LogP contribution is -2.29. The number of aromatic nitrogens is 2. The van der Waals surface area contributed by atoms with E-state index in [4.69, 9.17) is 0 Å². The second-order valence-electron chi connectivity index (χ2n) is 7.58. The van der Waals surface area contributed by atoms with E-state index in [1.165, 1.54) is 0 Å². The molecule has 0 aliphatic heterocycles. The summed E-state index contributed by atoms with van der Waals surface area (Å²) in [6.07, 6.45) is 0. The third kappa shape index (κ3) is 5.02. The number of benzene rings is 1. The number of nitrogens with one attached hydrogen (secondary N) is 2. The monoisotopic (exact) mass is 298 g/mol. The van der Waals surface area contributed by atoms with Crippen molar-refractivity contribution in [3.63, 3.8) is 0 Å². The van der Waals surface area contributed by atoms with Crippen LogP contribution in [-0.4, -0.2) is 21.0 Å². The Labute approximate surface area is 133 Å². The molecule has 1 aromatic carbocycles. The molecule has 118 valence electrons. The van der Waals surface area contributed by atoms with Crippen molar-refractivity contribution < 1.29 is 0 Å². The van der Waals surface area contributed by atoms with Crippen molar-refractivity contribution in [1.29, 1.82) is 0 Å². The van der Waals surface area contributed by atoms with Gasteiger partial charge >= 0.3 is 0 Å². The van der Waals surface area contributed by atoms with Crippen molar-refractivity contribution >= 4 is 11.8 Å². The van der Waals surface area contributed by atoms with Gasteiger partial charge in [-0.3, -0.25) is 0 Å². The molecule has 0 bridgehead atoms. The van der Waals surface area contributed by atoms with Gasteiger partial charge in [-0.05, 0) is 41.5 Å². The molecule has 0 amide bonds. The summed E-state index contributed by atoms with van der Waals surface area (Å²) >= 11 is 0. The lowest BCUT2D eigenvalue weighted by molar-refractivity contribution is 0.620. The SMILES string of the molecule is CC(C)(C)Nc1cc(-c2ccccc2)nc(NC(C)(C)C)n1. The average molecular weight is 298 g/mol. The molecule has 1 heterocycles. The van der Waals surface area contributed by atoms with Crippen LogP contribution in [0.1, 0.15) is 41.5 Å². The Bertz CT molecular complexity index is 588. The number of hydrogen-bond donors (Lipinski definition) is 2. The van der Waals surface area contributed by atoms with Gasteiger partial charge < -0.3 is 10.6 Å². The molecule has 0 fully saturated rings. The first-order valence-electron chi connectivity index (χ1n) is 7.63. The van der Waals surface area contributed by atoms with E-state index >= 15 is 0 Å². The predicted octanol–water partition coefficient (Wildman–Crippen LogP) is 4.56. The van der Waals surface area contributed by atoms with E-state index in [9.17, 15) is 0 Å². The van der Waals surface area contributed by atoms with E-state index in [1.54, 1.807) is 0 Å². The molecule has 0 saturated heterocycles. The fourth-order valence-corrected chi connectivity index (χ4v) is 2.04. The molecule has 0 radical (unpaired) electrons. The summed E-state index contributed by atoms with van der Waals surface area (Å²) in [5.74, 6) is 1.47. The maximum absolute atomic E-state index is 4.66. The first kappa shape index (κ1) is 16.3. The van der Waals surface area contributed by atoms with E-state index < -0.39 is 0 Å². The number of rotatable bonds is 3. The Hall–Kier alpha value is -2.10. The molecule has 0 spiro atoms. The number of nitrogens with zero attached hydrogens (tertiary/aromatic N) is 2. The van der Waals surface area contributed by atoms with Crippen molar-refractivity contribution in [1.82, 2.24) is 9.97 Å². The zero-order valence-corrected chi connectivity index (χ0v) is 14.4. The largest absolute Gasteiger partial charge is 0.365 e. The van der Waals surface area contributed by atoms with Gasteiger partial charge in [0.2, 0.25) is 5.95 Å². The lowest BCUT2D eigenvalue weighted by atomic mass is 10.1. The van der Waals surface area contributed by atoms with Crippen molar-refractivity contribution in [3.05, 3.63) is 36.4 Å². The maximum Gasteiger partial charge on any atom is 0.225 e. The van der Waals surface area contributed by atoms with Crippen molar-refractivity contribution in [2.75, 3.05) is 10.6 Å². The third-order valence-electron chi connectivity index (χ3n) is 2.79. The first-order valence-corrected chi connectivity index (χ1v) is 7.63. The van der Waals surface area contributed by atoms with Crippen LogP contribution < -0.4 is 10.6 Å². The molecule has 0 aliphatic rings. The fourth-order valence-electron chi connectivity index (χ4n) is 2.04. The van der Waals surface area contributed by atoms with Crippen LogP contribution in [0.25, 0.3) is 11.3 Å². The smallest absolute Gasteiger partial charge is 0.225 e. The van der Waals surface area contributed by atoms with Crippen LogP contribution in [0.4, 0.5) is 11.8 Å². The Morgan fingerprint density at radius 1 is 0.773 bits per heavy atom. The van der Waals surface area contributed by atoms with Gasteiger partial charge in [-0.1, -0.05) is 30.3 Å². The first-order chi connectivity index (χ1) is 10.1. The molecular formula is C18H26N4. The highest BCUT2D eigenvalue weighted by atomic mass is 15.2. The standard InChI is InChI=1S/C18H26N4/c1-17(2,3)21-15-12-14(13-10-8-7-9-11-13)19-16(20-15)22-18(4,5)6/h7-12H,1-6H3,(H2,19,20,21,22). The molecule has 22 heavy (non-hydrogen) atoms. The van der Waals surface area contributed by atoms with Gasteiger partial charge in [0.1, 0.15) is 5.82 Å². The van der Waals surface area contributed by atoms with Crippen LogP contribution in [0.3, 0.4) is 0 Å². The summed E-state index contributed by atoms with van der Waals surface area (Å²) in [4.78, 5) is 9.25. The Kier molecular flexibility index (Phi) is 4.40. The summed E-state index contributed by atoms with van der Waals surface area (Å²) in [5, 5.41) is 6.78. The highest BCUT2D eigenvalue weighted by molar-refractivity contribution is 5.64. The van der Waals surface area contributed by atoms with Crippen LogP contribution in [0, 0.1) is 0 Å². The zero-order chi connectivity index (χ0) is 16.4. The van der Waals surface area contributed by atoms with E-state index in [2.05, 4.69) is 74.3 Å². The van der Waals surface area contributed by atoms with Gasteiger partial charge in [0.25, 0.3) is 0 Å². The topological polar surface area (TPSA) is 49.8 Å². The third-order valence-corrected chi connectivity index (χ3v) is 2.79. The summed E-state index contributed by atoms with van der Waals surface area (Å²) in [6, 6.07) is 12.2. The molecule has 4 nitrogen and oxygen atoms in total. The maximum atomic E-state index is 4.66. The van der Waals surface area contributed by atoms with Crippen molar-refractivity contribution in [2.24, 2.45) is 0 Å². The van der Waals surface area contributed by atoms with Crippen LogP contribution in [0.5, 0.6) is 0 Å². The fraction of sp³-hybridized carbons (Fsp3) is 0.444. The molecule has 0 aliphatic carbocycles. The van der Waals surface area contributed by atoms with E-state index in [-0.39, 0.29) is 11.1 Å². The summed E-state index contributed by atoms with van der Waals surface area (Å²) in [5.41, 5.74) is 1.85. The van der Waals surface area contributed by atoms with E-state index in [1.807, 2.05) is 24.3 Å². The Morgan fingerprint density at radius 2 is 1.36 bits per heavy atom. The van der Waals surface area contributed by atoms with E-state index in [0.717, 1.165) is 17.1 Å². The van der Waals surface area contributed by atoms with Gasteiger partial charge in [-0.2, -0.15) is 4.98 Å². The number of anilines is 2. The predicted molar refractivity (Wildman–Crippen MR) is 94.2 cm³/mol.